The van der Waals surface area contributed by atoms with Gasteiger partial charge in [0.2, 0.25) is 11.8 Å². The van der Waals surface area contributed by atoms with Crippen LogP contribution in [-0.4, -0.2) is 31.0 Å². The molecule has 0 aliphatic carbocycles. The summed E-state index contributed by atoms with van der Waals surface area (Å²) in [5.74, 6) is -2.56. The smallest absolute Gasteiger partial charge is 0.339 e. The first kappa shape index (κ1) is 24.3. The van der Waals surface area contributed by atoms with E-state index in [0.29, 0.717) is 11.3 Å². The average molecular weight is 485 g/mol. The molecular formula is C27H23N3O6. The van der Waals surface area contributed by atoms with Gasteiger partial charge < -0.3 is 19.9 Å². The van der Waals surface area contributed by atoms with Gasteiger partial charge in [-0.05, 0) is 18.6 Å². The van der Waals surface area contributed by atoms with Crippen LogP contribution in [-0.2, 0) is 40.6 Å². The largest absolute Gasteiger partial charge is 0.459 e. The molecule has 1 atom stereocenters. The van der Waals surface area contributed by atoms with E-state index in [4.69, 9.17) is 19.9 Å². The number of nitrogens with zero attached hydrogens (tertiary/aromatic N) is 2. The number of rotatable bonds is 7. The molecule has 0 fully saturated rings. The van der Waals surface area contributed by atoms with Crippen LogP contribution in [0.4, 0.5) is 5.69 Å². The number of benzene rings is 2. The third-order valence-electron chi connectivity index (χ3n) is 5.95. The summed E-state index contributed by atoms with van der Waals surface area (Å²) in [4.78, 5) is 41.3. The molecule has 0 radical (unpaired) electrons. The van der Waals surface area contributed by atoms with Crippen molar-refractivity contribution in [3.63, 3.8) is 0 Å². The molecule has 0 aromatic heterocycles. The molecule has 4 rings (SSSR count). The van der Waals surface area contributed by atoms with Gasteiger partial charge in [-0.15, -0.1) is 0 Å². The summed E-state index contributed by atoms with van der Waals surface area (Å²) < 4.78 is 16.1. The second kappa shape index (κ2) is 9.80. The van der Waals surface area contributed by atoms with Crippen molar-refractivity contribution in [2.24, 2.45) is 5.73 Å². The van der Waals surface area contributed by atoms with Gasteiger partial charge in [-0.2, -0.15) is 5.26 Å². The van der Waals surface area contributed by atoms with Crippen molar-refractivity contribution in [3.05, 3.63) is 101 Å². The van der Waals surface area contributed by atoms with Crippen LogP contribution in [0.2, 0.25) is 0 Å². The first-order valence-electron chi connectivity index (χ1n) is 11.0. The maximum atomic E-state index is 14.2. The monoisotopic (exact) mass is 485 g/mol. The molecule has 9 nitrogen and oxygen atoms in total. The highest BCUT2D eigenvalue weighted by atomic mass is 16.5. The van der Waals surface area contributed by atoms with Crippen molar-refractivity contribution < 1.29 is 28.6 Å². The van der Waals surface area contributed by atoms with Crippen molar-refractivity contribution >= 4 is 23.5 Å². The van der Waals surface area contributed by atoms with E-state index in [9.17, 15) is 19.6 Å². The van der Waals surface area contributed by atoms with Crippen LogP contribution in [0.1, 0.15) is 18.1 Å². The minimum Gasteiger partial charge on any atom is -0.459 e. The highest BCUT2D eigenvalue weighted by Gasteiger charge is 2.62. The molecule has 0 bridgehead atoms. The lowest BCUT2D eigenvalue weighted by molar-refractivity contribution is -0.144. The summed E-state index contributed by atoms with van der Waals surface area (Å²) in [7, 11) is 0. The fraction of sp³-hybridized carbons (Fsp3) is 0.185. The van der Waals surface area contributed by atoms with E-state index >= 15 is 0 Å². The molecule has 1 amide bonds. The second-order valence-corrected chi connectivity index (χ2v) is 8.08. The molecule has 182 valence electrons. The Bertz CT molecular complexity index is 1360. The predicted molar refractivity (Wildman–Crippen MR) is 128 cm³/mol. The molecule has 2 aliphatic heterocycles. The summed E-state index contributed by atoms with van der Waals surface area (Å²) in [5, 5.41) is 10.0. The molecule has 2 aromatic rings. The average Bonchev–Trinajstić information content (AvgIpc) is 3.10. The number of para-hydroxylation sites is 1. The van der Waals surface area contributed by atoms with Crippen molar-refractivity contribution in [2.75, 3.05) is 18.1 Å². The standard InChI is InChI=1S/C27H23N3O6/c1-3-13-34-25(32)23-17(2)36-24(29)20(14-28)27(23)19-11-7-8-12-21(19)30(26(27)33)15-22(31)35-16-18-9-5-4-6-10-18/h3-12H,1,13,15-16,29H2,2H3/t27-/m0/s1. The summed E-state index contributed by atoms with van der Waals surface area (Å²) in [6.07, 6.45) is 1.37. The Morgan fingerprint density at radius 1 is 1.17 bits per heavy atom. The van der Waals surface area contributed by atoms with Crippen molar-refractivity contribution in [2.45, 2.75) is 18.9 Å². The molecule has 0 unspecified atom stereocenters. The Balaban J connectivity index is 1.78. The van der Waals surface area contributed by atoms with E-state index < -0.39 is 29.8 Å². The van der Waals surface area contributed by atoms with Gasteiger partial charge in [0.15, 0.2) is 5.41 Å². The highest BCUT2D eigenvalue weighted by molar-refractivity contribution is 6.19. The van der Waals surface area contributed by atoms with Gasteiger partial charge in [0.25, 0.3) is 0 Å². The zero-order chi connectivity index (χ0) is 25.9. The van der Waals surface area contributed by atoms with Crippen LogP contribution >= 0.6 is 0 Å². The molecule has 1 spiro atoms. The summed E-state index contributed by atoms with van der Waals surface area (Å²) in [5.41, 5.74) is 5.07. The number of esters is 2. The van der Waals surface area contributed by atoms with E-state index in [2.05, 4.69) is 6.58 Å². The number of nitriles is 1. The Labute approximate surface area is 207 Å². The summed E-state index contributed by atoms with van der Waals surface area (Å²) in [6.45, 7) is 4.44. The number of nitrogens with two attached hydrogens (primary N) is 1. The maximum Gasteiger partial charge on any atom is 0.339 e. The van der Waals surface area contributed by atoms with E-state index in [1.54, 1.807) is 24.3 Å². The highest BCUT2D eigenvalue weighted by Crippen LogP contribution is 2.54. The molecule has 0 saturated heterocycles. The van der Waals surface area contributed by atoms with Crippen LogP contribution in [0.5, 0.6) is 0 Å². The Morgan fingerprint density at radius 3 is 2.56 bits per heavy atom. The number of carbonyl (C=O) groups excluding carboxylic acids is 3. The number of allylic oxidation sites excluding steroid dienone is 1. The van der Waals surface area contributed by atoms with E-state index in [0.717, 1.165) is 5.56 Å². The first-order valence-corrected chi connectivity index (χ1v) is 11.0. The lowest BCUT2D eigenvalue weighted by atomic mass is 9.68. The molecule has 2 aromatic carbocycles. The predicted octanol–water partition coefficient (Wildman–Crippen LogP) is 2.74. The quantitative estimate of drug-likeness (QED) is 0.468. The fourth-order valence-electron chi connectivity index (χ4n) is 4.49. The van der Waals surface area contributed by atoms with Crippen LogP contribution in [0.25, 0.3) is 0 Å². The van der Waals surface area contributed by atoms with Crippen LogP contribution in [0.15, 0.2) is 90.0 Å². The molecule has 2 heterocycles. The minimum absolute atomic E-state index is 0.0113. The van der Waals surface area contributed by atoms with Crippen LogP contribution < -0.4 is 10.6 Å². The number of amides is 1. The molecular weight excluding hydrogens is 462 g/mol. The third-order valence-corrected chi connectivity index (χ3v) is 5.95. The van der Waals surface area contributed by atoms with Crippen molar-refractivity contribution in [1.82, 2.24) is 0 Å². The molecule has 9 heteroatoms. The maximum absolute atomic E-state index is 14.2. The number of carbonyl (C=O) groups is 3. The third kappa shape index (κ3) is 3.88. The van der Waals surface area contributed by atoms with Gasteiger partial charge in [0.1, 0.15) is 42.7 Å². The van der Waals surface area contributed by atoms with E-state index in [-0.39, 0.29) is 36.0 Å². The Hall–Kier alpha value is -4.84. The van der Waals surface area contributed by atoms with Gasteiger partial charge >= 0.3 is 11.9 Å². The van der Waals surface area contributed by atoms with Crippen molar-refractivity contribution in [1.29, 1.82) is 5.26 Å². The number of ether oxygens (including phenoxy) is 3. The van der Waals surface area contributed by atoms with Gasteiger partial charge in [0.05, 0.1) is 0 Å². The fourth-order valence-corrected chi connectivity index (χ4v) is 4.49. The lowest BCUT2D eigenvalue weighted by Gasteiger charge is -2.34. The number of hydrogen-bond acceptors (Lipinski definition) is 8. The Morgan fingerprint density at radius 2 is 1.86 bits per heavy atom. The zero-order valence-electron chi connectivity index (χ0n) is 19.5. The number of fused-ring (bicyclic) bond motifs is 2. The number of anilines is 1. The molecule has 2 N–H and O–H groups in total. The SMILES string of the molecule is C=CCOC(=O)C1=C(C)OC(N)=C(C#N)[C@]12C(=O)N(CC(=O)OCc1ccccc1)c1ccccc12. The minimum atomic E-state index is -1.95. The van der Waals surface area contributed by atoms with Gasteiger partial charge in [0, 0.05) is 11.3 Å². The second-order valence-electron chi connectivity index (χ2n) is 8.08. The molecule has 0 saturated carbocycles. The van der Waals surface area contributed by atoms with Gasteiger partial charge in [-0.25, -0.2) is 4.79 Å². The first-order chi connectivity index (χ1) is 17.4. The van der Waals surface area contributed by atoms with Gasteiger partial charge in [-0.1, -0.05) is 61.2 Å². The normalized spacial score (nSPS) is 18.4. The molecule has 36 heavy (non-hydrogen) atoms. The molecule has 2 aliphatic rings. The summed E-state index contributed by atoms with van der Waals surface area (Å²) >= 11 is 0. The van der Waals surface area contributed by atoms with Crippen molar-refractivity contribution in [3.8, 4) is 6.07 Å². The topological polar surface area (TPSA) is 132 Å². The van der Waals surface area contributed by atoms with E-state index in [1.165, 1.54) is 17.9 Å². The lowest BCUT2D eigenvalue weighted by Crippen LogP contribution is -2.49. The zero-order valence-corrected chi connectivity index (χ0v) is 19.5. The van der Waals surface area contributed by atoms with Gasteiger partial charge in [-0.3, -0.25) is 14.5 Å². The summed E-state index contributed by atoms with van der Waals surface area (Å²) in [6, 6.07) is 17.6. The van der Waals surface area contributed by atoms with E-state index in [1.807, 2.05) is 36.4 Å². The van der Waals surface area contributed by atoms with Crippen LogP contribution in [0, 0.1) is 11.3 Å². The van der Waals surface area contributed by atoms with Crippen LogP contribution in [0.3, 0.4) is 0 Å². The number of hydrogen-bond donors (Lipinski definition) is 1. The Kier molecular flexibility index (Phi) is 6.61.